The monoisotopic (exact) mass is 334 g/mol. The summed E-state index contributed by atoms with van der Waals surface area (Å²) < 4.78 is 5.61. The van der Waals surface area contributed by atoms with Crippen molar-refractivity contribution in [3.05, 3.63) is 45.4 Å². The average Bonchev–Trinajstić information content (AvgIpc) is 2.85. The molecule has 2 N–H and O–H groups in total. The van der Waals surface area contributed by atoms with Crippen LogP contribution in [0, 0.1) is 13.8 Å². The van der Waals surface area contributed by atoms with E-state index in [4.69, 9.17) is 9.84 Å². The summed E-state index contributed by atoms with van der Waals surface area (Å²) in [5.41, 5.74) is 1.81. The molecule has 0 saturated heterocycles. The van der Waals surface area contributed by atoms with Gasteiger partial charge in [-0.25, -0.2) is 4.98 Å². The van der Waals surface area contributed by atoms with Gasteiger partial charge in [-0.3, -0.25) is 4.79 Å². The molecule has 6 heteroatoms. The quantitative estimate of drug-likeness (QED) is 0.815. The highest BCUT2D eigenvalue weighted by Gasteiger charge is 2.14. The summed E-state index contributed by atoms with van der Waals surface area (Å²) >= 11 is 1.66. The minimum absolute atomic E-state index is 0.0512. The largest absolute Gasteiger partial charge is 0.481 e. The number of hydrogen-bond donors (Lipinski definition) is 2. The van der Waals surface area contributed by atoms with Crippen molar-refractivity contribution in [1.82, 2.24) is 10.3 Å². The number of amides is 1. The van der Waals surface area contributed by atoms with Gasteiger partial charge in [0.15, 0.2) is 6.10 Å². The van der Waals surface area contributed by atoms with Gasteiger partial charge in [0.1, 0.15) is 5.75 Å². The molecular formula is C17H22N2O3S. The highest BCUT2D eigenvalue weighted by Crippen LogP contribution is 2.17. The van der Waals surface area contributed by atoms with Crippen molar-refractivity contribution < 1.29 is 14.6 Å². The number of ether oxygens (including phenoxy) is 1. The fourth-order valence-electron chi connectivity index (χ4n) is 2.06. The van der Waals surface area contributed by atoms with E-state index in [1.54, 1.807) is 42.5 Å². The number of hydrogen-bond acceptors (Lipinski definition) is 5. The summed E-state index contributed by atoms with van der Waals surface area (Å²) in [4.78, 5) is 17.7. The summed E-state index contributed by atoms with van der Waals surface area (Å²) in [6, 6.07) is 7.09. The van der Waals surface area contributed by atoms with Crippen LogP contribution in [-0.4, -0.2) is 28.6 Å². The van der Waals surface area contributed by atoms with Crippen LogP contribution < -0.4 is 10.1 Å². The van der Waals surface area contributed by atoms with E-state index in [1.807, 2.05) is 13.8 Å². The molecule has 1 heterocycles. The van der Waals surface area contributed by atoms with Gasteiger partial charge >= 0.3 is 0 Å². The van der Waals surface area contributed by atoms with Crippen molar-refractivity contribution in [2.24, 2.45) is 0 Å². The average molecular weight is 334 g/mol. The number of aliphatic hydroxyl groups excluding tert-OH is 1. The molecule has 0 fully saturated rings. The van der Waals surface area contributed by atoms with Crippen molar-refractivity contribution in [1.29, 1.82) is 0 Å². The second-order valence-electron chi connectivity index (χ2n) is 5.36. The van der Waals surface area contributed by atoms with Crippen molar-refractivity contribution in [3.8, 4) is 5.75 Å². The summed E-state index contributed by atoms with van der Waals surface area (Å²) in [7, 11) is 0. The van der Waals surface area contributed by atoms with Crippen molar-refractivity contribution >= 4 is 17.2 Å². The summed E-state index contributed by atoms with van der Waals surface area (Å²) in [5.74, 6) is 0.412. The molecule has 0 aliphatic heterocycles. The maximum atomic E-state index is 12.1. The topological polar surface area (TPSA) is 71.5 Å². The molecule has 1 atom stereocenters. The Morgan fingerprint density at radius 2 is 2.22 bits per heavy atom. The van der Waals surface area contributed by atoms with Gasteiger partial charge in [0.05, 0.1) is 17.3 Å². The van der Waals surface area contributed by atoms with Gasteiger partial charge in [-0.15, -0.1) is 11.3 Å². The summed E-state index contributed by atoms with van der Waals surface area (Å²) in [6.07, 6.45) is 0.126. The zero-order chi connectivity index (χ0) is 16.8. The fraction of sp³-hybridized carbons (Fsp3) is 0.412. The number of aliphatic hydroxyl groups is 1. The van der Waals surface area contributed by atoms with E-state index in [1.165, 1.54) is 4.88 Å². The van der Waals surface area contributed by atoms with Crippen molar-refractivity contribution in [2.45, 2.75) is 39.9 Å². The first-order chi connectivity index (χ1) is 11.0. The first-order valence-electron chi connectivity index (χ1n) is 7.56. The maximum Gasteiger partial charge on any atom is 0.260 e. The molecule has 1 aromatic heterocycles. The van der Waals surface area contributed by atoms with E-state index in [9.17, 15) is 4.79 Å². The molecule has 0 saturated carbocycles. The molecule has 2 aromatic rings. The van der Waals surface area contributed by atoms with Crippen molar-refractivity contribution in [2.75, 3.05) is 6.54 Å². The molecule has 23 heavy (non-hydrogen) atoms. The van der Waals surface area contributed by atoms with E-state index in [0.29, 0.717) is 12.3 Å². The van der Waals surface area contributed by atoms with Gasteiger partial charge in [-0.1, -0.05) is 12.1 Å². The number of rotatable bonds is 7. The first kappa shape index (κ1) is 17.4. The molecule has 1 amide bonds. The lowest BCUT2D eigenvalue weighted by molar-refractivity contribution is -0.127. The zero-order valence-electron chi connectivity index (χ0n) is 13.6. The van der Waals surface area contributed by atoms with E-state index in [-0.39, 0.29) is 12.5 Å². The lowest BCUT2D eigenvalue weighted by Crippen LogP contribution is -2.37. The number of aromatic nitrogens is 1. The molecule has 0 aliphatic carbocycles. The van der Waals surface area contributed by atoms with E-state index in [0.717, 1.165) is 22.7 Å². The third-order valence-electron chi connectivity index (χ3n) is 3.47. The minimum Gasteiger partial charge on any atom is -0.481 e. The number of carbonyl (C=O) groups excluding carboxylic acids is 1. The van der Waals surface area contributed by atoms with Crippen LogP contribution in [0.5, 0.6) is 5.75 Å². The van der Waals surface area contributed by atoms with Crippen LogP contribution in [0.15, 0.2) is 24.3 Å². The third-order valence-corrected chi connectivity index (χ3v) is 4.61. The van der Waals surface area contributed by atoms with Crippen LogP contribution in [0.25, 0.3) is 0 Å². The van der Waals surface area contributed by atoms with Gasteiger partial charge in [0.25, 0.3) is 5.91 Å². The molecule has 1 unspecified atom stereocenters. The Kier molecular flexibility index (Phi) is 6.12. The predicted octanol–water partition coefficient (Wildman–Crippen LogP) is 2.38. The van der Waals surface area contributed by atoms with E-state index in [2.05, 4.69) is 10.3 Å². The molecule has 0 bridgehead atoms. The molecule has 2 rings (SSSR count). The van der Waals surface area contributed by atoms with Gasteiger partial charge in [-0.05, 0) is 38.5 Å². The standard InChI is InChI=1S/C17H22N2O3S/c1-11-13(3)23-16(19-11)7-8-18-17(21)12(2)22-15-6-4-5-14(9-15)10-20/h4-6,9,12,20H,7-8,10H2,1-3H3,(H,18,21). The van der Waals surface area contributed by atoms with Crippen molar-refractivity contribution in [3.63, 3.8) is 0 Å². The number of nitrogens with zero attached hydrogens (tertiary/aromatic N) is 1. The van der Waals surface area contributed by atoms with Gasteiger partial charge in [0, 0.05) is 17.8 Å². The predicted molar refractivity (Wildman–Crippen MR) is 90.8 cm³/mol. The molecular weight excluding hydrogens is 312 g/mol. The van der Waals surface area contributed by atoms with Crippen LogP contribution in [0.4, 0.5) is 0 Å². The van der Waals surface area contributed by atoms with Gasteiger partial charge in [-0.2, -0.15) is 0 Å². The van der Waals surface area contributed by atoms with Gasteiger partial charge < -0.3 is 15.2 Å². The molecule has 124 valence electrons. The molecule has 0 aliphatic rings. The van der Waals surface area contributed by atoms with Crippen LogP contribution in [0.3, 0.4) is 0 Å². The minimum atomic E-state index is -0.594. The first-order valence-corrected chi connectivity index (χ1v) is 8.38. The SMILES string of the molecule is Cc1nc(CCNC(=O)C(C)Oc2cccc(CO)c2)sc1C. The van der Waals surface area contributed by atoms with Crippen LogP contribution in [0.1, 0.15) is 28.1 Å². The smallest absolute Gasteiger partial charge is 0.260 e. The Labute approximate surface area is 140 Å². The zero-order valence-corrected chi connectivity index (χ0v) is 14.4. The highest BCUT2D eigenvalue weighted by atomic mass is 32.1. The van der Waals surface area contributed by atoms with E-state index >= 15 is 0 Å². The third kappa shape index (κ3) is 5.04. The van der Waals surface area contributed by atoms with Crippen LogP contribution in [0.2, 0.25) is 0 Å². The second kappa shape index (κ2) is 8.08. The Morgan fingerprint density at radius 3 is 2.87 bits per heavy atom. The van der Waals surface area contributed by atoms with Crippen LogP contribution >= 0.6 is 11.3 Å². The maximum absolute atomic E-state index is 12.1. The Morgan fingerprint density at radius 1 is 1.43 bits per heavy atom. The number of thiazole rings is 1. The number of nitrogens with one attached hydrogen (secondary N) is 1. The van der Waals surface area contributed by atoms with Crippen LogP contribution in [-0.2, 0) is 17.8 Å². The second-order valence-corrected chi connectivity index (χ2v) is 6.64. The number of benzene rings is 1. The lowest BCUT2D eigenvalue weighted by atomic mass is 10.2. The molecule has 5 nitrogen and oxygen atoms in total. The Bertz CT molecular complexity index is 650. The molecule has 0 spiro atoms. The highest BCUT2D eigenvalue weighted by molar-refractivity contribution is 7.11. The summed E-state index contributed by atoms with van der Waals surface area (Å²) in [5, 5.41) is 13.0. The van der Waals surface area contributed by atoms with E-state index < -0.39 is 6.10 Å². The Hall–Kier alpha value is -1.92. The fourth-order valence-corrected chi connectivity index (χ4v) is 2.99. The summed E-state index contributed by atoms with van der Waals surface area (Å²) in [6.45, 7) is 6.23. The Balaban J connectivity index is 1.80. The number of aryl methyl sites for hydroxylation is 2. The molecule has 1 aromatic carbocycles. The van der Waals surface area contributed by atoms with Gasteiger partial charge in [0.2, 0.25) is 0 Å². The molecule has 0 radical (unpaired) electrons. The number of carbonyl (C=O) groups is 1. The normalized spacial score (nSPS) is 12.0. The lowest BCUT2D eigenvalue weighted by Gasteiger charge is -2.15.